The number of aliphatic imine (C=N–C) groups is 1. The maximum atomic E-state index is 13.0. The number of rotatable bonds is 2. The molecule has 4 nitrogen and oxygen atoms in total. The van der Waals surface area contributed by atoms with Crippen molar-refractivity contribution >= 4 is 27.6 Å². The van der Waals surface area contributed by atoms with Gasteiger partial charge in [-0.2, -0.15) is 0 Å². The Morgan fingerprint density at radius 2 is 2.00 bits per heavy atom. The lowest BCUT2D eigenvalue weighted by Crippen LogP contribution is -2.29. The van der Waals surface area contributed by atoms with Crippen LogP contribution in [0.5, 0.6) is 0 Å². The first kappa shape index (κ1) is 14.3. The number of nitrogens with zero attached hydrogens (tertiary/aromatic N) is 3. The van der Waals surface area contributed by atoms with Crippen molar-refractivity contribution in [1.29, 1.82) is 0 Å². The quantitative estimate of drug-likeness (QED) is 0.812. The third-order valence-electron chi connectivity index (χ3n) is 4.17. The van der Waals surface area contributed by atoms with Gasteiger partial charge in [0.15, 0.2) is 0 Å². The van der Waals surface area contributed by atoms with E-state index in [9.17, 15) is 4.79 Å². The summed E-state index contributed by atoms with van der Waals surface area (Å²) in [6.07, 6.45) is 8.37. The van der Waals surface area contributed by atoms with E-state index in [1.165, 1.54) is 0 Å². The fourth-order valence-corrected chi connectivity index (χ4v) is 3.22. The molecule has 0 N–H and O–H groups in total. The molecule has 2 aliphatic rings. The second kappa shape index (κ2) is 5.42. The zero-order valence-corrected chi connectivity index (χ0v) is 14.1. The van der Waals surface area contributed by atoms with Crippen molar-refractivity contribution in [3.63, 3.8) is 0 Å². The molecule has 2 aromatic rings. The van der Waals surface area contributed by atoms with Crippen molar-refractivity contribution in [2.75, 3.05) is 0 Å². The van der Waals surface area contributed by atoms with Crippen molar-refractivity contribution in [2.24, 2.45) is 4.99 Å². The standard InChI is InChI=1S/C18H14BrN3O/c1-11-14(10-12-6-8-13(19)9-7-12)17(23)22-16-5-3-2-4-15(16)21-18(22)20-11/h2-9,16H,10H2,1H3. The largest absolute Gasteiger partial charge is 0.269 e. The van der Waals surface area contributed by atoms with Crippen molar-refractivity contribution in [3.8, 4) is 0 Å². The van der Waals surface area contributed by atoms with Gasteiger partial charge in [0.05, 0.1) is 11.4 Å². The summed E-state index contributed by atoms with van der Waals surface area (Å²) < 4.78 is 2.72. The molecule has 23 heavy (non-hydrogen) atoms. The van der Waals surface area contributed by atoms with Gasteiger partial charge in [0.25, 0.3) is 5.56 Å². The van der Waals surface area contributed by atoms with Crippen LogP contribution in [0.1, 0.15) is 22.9 Å². The van der Waals surface area contributed by atoms with Crippen molar-refractivity contribution < 1.29 is 0 Å². The van der Waals surface area contributed by atoms with Gasteiger partial charge in [-0.25, -0.2) is 9.98 Å². The number of benzene rings is 1. The predicted octanol–water partition coefficient (Wildman–Crippen LogP) is 3.66. The molecule has 114 valence electrons. The number of fused-ring (bicyclic) bond motifs is 3. The summed E-state index contributed by atoms with van der Waals surface area (Å²) in [5.41, 5.74) is 3.45. The summed E-state index contributed by atoms with van der Waals surface area (Å²) in [5, 5.41) is 0. The summed E-state index contributed by atoms with van der Waals surface area (Å²) in [4.78, 5) is 22.0. The fraction of sp³-hybridized carbons (Fsp3) is 0.167. The van der Waals surface area contributed by atoms with E-state index in [0.29, 0.717) is 12.4 Å². The van der Waals surface area contributed by atoms with Gasteiger partial charge in [-0.3, -0.25) is 9.36 Å². The van der Waals surface area contributed by atoms with Crippen molar-refractivity contribution in [1.82, 2.24) is 9.55 Å². The molecular weight excluding hydrogens is 354 g/mol. The average molecular weight is 368 g/mol. The Morgan fingerprint density at radius 1 is 1.22 bits per heavy atom. The highest BCUT2D eigenvalue weighted by Gasteiger charge is 2.28. The molecule has 1 aromatic heterocycles. The van der Waals surface area contributed by atoms with Crippen LogP contribution in [0.4, 0.5) is 5.95 Å². The molecule has 1 aromatic carbocycles. The molecule has 1 unspecified atom stereocenters. The minimum absolute atomic E-state index is 0.000816. The van der Waals surface area contributed by atoms with Crippen LogP contribution in [0.3, 0.4) is 0 Å². The van der Waals surface area contributed by atoms with E-state index in [4.69, 9.17) is 0 Å². The molecule has 0 saturated carbocycles. The van der Waals surface area contributed by atoms with Crippen LogP contribution >= 0.6 is 15.9 Å². The number of aromatic nitrogens is 2. The zero-order chi connectivity index (χ0) is 16.0. The van der Waals surface area contributed by atoms with Crippen molar-refractivity contribution in [3.05, 3.63) is 80.2 Å². The van der Waals surface area contributed by atoms with Crippen LogP contribution in [0, 0.1) is 6.92 Å². The summed E-state index contributed by atoms with van der Waals surface area (Å²) in [5.74, 6) is 0.503. The molecule has 0 spiro atoms. The van der Waals surface area contributed by atoms with Crippen molar-refractivity contribution in [2.45, 2.75) is 19.4 Å². The number of aryl methyl sites for hydroxylation is 1. The highest BCUT2D eigenvalue weighted by Crippen LogP contribution is 2.28. The van der Waals surface area contributed by atoms with Crippen LogP contribution in [0.25, 0.3) is 0 Å². The van der Waals surface area contributed by atoms with Gasteiger partial charge in [-0.15, -0.1) is 0 Å². The third kappa shape index (κ3) is 2.41. The van der Waals surface area contributed by atoms with Crippen LogP contribution in [-0.4, -0.2) is 15.3 Å². The van der Waals surface area contributed by atoms with Gasteiger partial charge in [0.1, 0.15) is 6.04 Å². The van der Waals surface area contributed by atoms with Gasteiger partial charge in [-0.05, 0) is 30.7 Å². The Kier molecular flexibility index (Phi) is 3.38. The summed E-state index contributed by atoms with van der Waals surface area (Å²) in [6.45, 7) is 1.88. The van der Waals surface area contributed by atoms with Gasteiger partial charge in [0, 0.05) is 16.5 Å². The molecule has 1 aliphatic heterocycles. The maximum absolute atomic E-state index is 13.0. The van der Waals surface area contributed by atoms with E-state index in [-0.39, 0.29) is 11.6 Å². The Balaban J connectivity index is 1.79. The van der Waals surface area contributed by atoms with E-state index in [2.05, 4.69) is 25.9 Å². The van der Waals surface area contributed by atoms with Gasteiger partial charge >= 0.3 is 0 Å². The molecule has 0 saturated heterocycles. The normalized spacial score (nSPS) is 17.8. The maximum Gasteiger partial charge on any atom is 0.259 e. The lowest BCUT2D eigenvalue weighted by molar-refractivity contribution is 0.719. The minimum Gasteiger partial charge on any atom is -0.269 e. The Hall–Kier alpha value is -2.27. The number of allylic oxidation sites excluding steroid dienone is 4. The fourth-order valence-electron chi connectivity index (χ4n) is 2.96. The number of hydrogen-bond acceptors (Lipinski definition) is 3. The molecular formula is C18H14BrN3O. The zero-order valence-electron chi connectivity index (χ0n) is 12.5. The van der Waals surface area contributed by atoms with Crippen LogP contribution in [0.15, 0.2) is 62.8 Å². The Morgan fingerprint density at radius 3 is 2.78 bits per heavy atom. The molecule has 1 atom stereocenters. The highest BCUT2D eigenvalue weighted by atomic mass is 79.9. The van der Waals surface area contributed by atoms with Gasteiger partial charge in [0.2, 0.25) is 5.95 Å². The number of halogens is 1. The molecule has 5 heteroatoms. The van der Waals surface area contributed by atoms with Crippen LogP contribution in [-0.2, 0) is 6.42 Å². The molecule has 0 amide bonds. The van der Waals surface area contributed by atoms with E-state index < -0.39 is 0 Å². The molecule has 0 bridgehead atoms. The van der Waals surface area contributed by atoms with E-state index in [1.54, 1.807) is 4.57 Å². The van der Waals surface area contributed by atoms with Crippen LogP contribution < -0.4 is 5.56 Å². The Bertz CT molecular complexity index is 936. The second-order valence-corrected chi connectivity index (χ2v) is 6.60. The molecule has 0 fully saturated rings. The molecule has 1 aliphatic carbocycles. The SMILES string of the molecule is Cc1nc2n(c(=O)c1Cc1ccc(Br)cc1)C1C=CC=CC1=N2. The Labute approximate surface area is 142 Å². The van der Waals surface area contributed by atoms with Crippen LogP contribution in [0.2, 0.25) is 0 Å². The molecule has 2 heterocycles. The minimum atomic E-state index is -0.126. The first-order valence-corrected chi connectivity index (χ1v) is 8.23. The molecule has 4 rings (SSSR count). The smallest absolute Gasteiger partial charge is 0.259 e. The van der Waals surface area contributed by atoms with E-state index in [1.807, 2.05) is 55.5 Å². The molecule has 0 radical (unpaired) electrons. The van der Waals surface area contributed by atoms with Gasteiger partial charge < -0.3 is 0 Å². The second-order valence-electron chi connectivity index (χ2n) is 5.68. The summed E-state index contributed by atoms with van der Waals surface area (Å²) in [7, 11) is 0. The summed E-state index contributed by atoms with van der Waals surface area (Å²) in [6, 6.07) is 7.88. The van der Waals surface area contributed by atoms with Gasteiger partial charge in [-0.1, -0.05) is 46.3 Å². The monoisotopic (exact) mass is 367 g/mol. The lowest BCUT2D eigenvalue weighted by Gasteiger charge is -2.15. The number of hydrogen-bond donors (Lipinski definition) is 0. The predicted molar refractivity (Wildman–Crippen MR) is 94.6 cm³/mol. The highest BCUT2D eigenvalue weighted by molar-refractivity contribution is 9.10. The first-order valence-electron chi connectivity index (χ1n) is 7.43. The topological polar surface area (TPSA) is 47.2 Å². The summed E-state index contributed by atoms with van der Waals surface area (Å²) >= 11 is 3.43. The lowest BCUT2D eigenvalue weighted by atomic mass is 10.0. The first-order chi connectivity index (χ1) is 11.1. The van der Waals surface area contributed by atoms with E-state index >= 15 is 0 Å². The average Bonchev–Trinajstić information content (AvgIpc) is 2.91. The third-order valence-corrected chi connectivity index (χ3v) is 4.70. The van der Waals surface area contributed by atoms with E-state index in [0.717, 1.165) is 27.0 Å².